The SMILES string of the molecule is Cn1c(C2CN(C(=O)OC(C)(C)C)CCC23CC=CCC3)c(-c2cccc(F)c2)c2c(N)ncnc21. The van der Waals surface area contributed by atoms with E-state index in [4.69, 9.17) is 10.5 Å². The molecule has 0 saturated carbocycles. The highest BCUT2D eigenvalue weighted by Crippen LogP contribution is 2.54. The van der Waals surface area contributed by atoms with Crippen LogP contribution in [0.4, 0.5) is 15.0 Å². The smallest absolute Gasteiger partial charge is 0.410 e. The number of carbonyl (C=O) groups excluding carboxylic acids is 1. The molecule has 1 aliphatic carbocycles. The lowest BCUT2D eigenvalue weighted by Crippen LogP contribution is -2.50. The average Bonchev–Trinajstić information content (AvgIpc) is 3.12. The standard InChI is InChI=1S/C28H34FN5O2/c1-27(2,3)36-26(35)34-14-13-28(11-6-5-7-12-28)20(16-34)23-21(18-9-8-10-19(29)15-18)22-24(30)31-17-32-25(22)33(23)4/h5-6,8-10,15,17,20H,7,11-14,16H2,1-4H3,(H2,30,31,32). The van der Waals surface area contributed by atoms with Crippen molar-refractivity contribution in [1.82, 2.24) is 19.4 Å². The van der Waals surface area contributed by atoms with Gasteiger partial charge in [0.15, 0.2) is 0 Å². The van der Waals surface area contributed by atoms with E-state index in [1.54, 1.807) is 6.07 Å². The van der Waals surface area contributed by atoms with Gasteiger partial charge in [-0.25, -0.2) is 19.2 Å². The number of rotatable bonds is 2. The van der Waals surface area contributed by atoms with E-state index >= 15 is 0 Å². The van der Waals surface area contributed by atoms with E-state index in [1.165, 1.54) is 18.5 Å². The number of nitrogens with two attached hydrogens (primary N) is 1. The van der Waals surface area contributed by atoms with Crippen molar-refractivity contribution < 1.29 is 13.9 Å². The molecule has 36 heavy (non-hydrogen) atoms. The zero-order chi connectivity index (χ0) is 25.7. The predicted molar refractivity (Wildman–Crippen MR) is 139 cm³/mol. The molecular formula is C28H34FN5O2. The molecule has 1 spiro atoms. The van der Waals surface area contributed by atoms with Crippen molar-refractivity contribution in [3.63, 3.8) is 0 Å². The van der Waals surface area contributed by atoms with Crippen LogP contribution in [-0.4, -0.2) is 44.2 Å². The fraction of sp³-hybridized carbons (Fsp3) is 0.464. The summed E-state index contributed by atoms with van der Waals surface area (Å²) in [5.41, 5.74) is 9.07. The highest BCUT2D eigenvalue weighted by atomic mass is 19.1. The number of benzene rings is 1. The van der Waals surface area contributed by atoms with Gasteiger partial charge in [-0.2, -0.15) is 0 Å². The molecule has 8 heteroatoms. The highest BCUT2D eigenvalue weighted by molar-refractivity contribution is 6.02. The van der Waals surface area contributed by atoms with Crippen LogP contribution in [0.15, 0.2) is 42.7 Å². The van der Waals surface area contributed by atoms with Crippen LogP contribution >= 0.6 is 0 Å². The normalized spacial score (nSPS) is 22.4. The van der Waals surface area contributed by atoms with Gasteiger partial charge in [0.2, 0.25) is 0 Å². The molecule has 1 aliphatic heterocycles. The number of allylic oxidation sites excluding steroid dienone is 2. The minimum Gasteiger partial charge on any atom is -0.444 e. The number of aromatic nitrogens is 3. The summed E-state index contributed by atoms with van der Waals surface area (Å²) in [6.07, 6.45) is 9.44. The summed E-state index contributed by atoms with van der Waals surface area (Å²) in [7, 11) is 1.98. The zero-order valence-corrected chi connectivity index (χ0v) is 21.4. The maximum atomic E-state index is 14.5. The first-order chi connectivity index (χ1) is 17.1. The summed E-state index contributed by atoms with van der Waals surface area (Å²) < 4.78 is 22.3. The molecule has 1 saturated heterocycles. The first-order valence-corrected chi connectivity index (χ1v) is 12.6. The summed E-state index contributed by atoms with van der Waals surface area (Å²) in [6.45, 7) is 6.79. The first kappa shape index (κ1) is 24.3. The van der Waals surface area contributed by atoms with Crippen molar-refractivity contribution in [2.24, 2.45) is 12.5 Å². The highest BCUT2D eigenvalue weighted by Gasteiger charge is 2.47. The second-order valence-electron chi connectivity index (χ2n) is 11.1. The number of ether oxygens (including phenoxy) is 1. The number of aryl methyl sites for hydroxylation is 1. The van der Waals surface area contributed by atoms with E-state index in [2.05, 4.69) is 26.7 Å². The minimum absolute atomic E-state index is 0.0272. The Bertz CT molecular complexity index is 1340. The van der Waals surface area contributed by atoms with Crippen LogP contribution in [-0.2, 0) is 11.8 Å². The van der Waals surface area contributed by atoms with E-state index in [0.717, 1.165) is 47.9 Å². The number of nitrogen functional groups attached to an aromatic ring is 1. The molecule has 2 unspecified atom stereocenters. The minimum atomic E-state index is -0.578. The summed E-state index contributed by atoms with van der Waals surface area (Å²) in [6, 6.07) is 6.58. The van der Waals surface area contributed by atoms with E-state index in [1.807, 2.05) is 38.8 Å². The van der Waals surface area contributed by atoms with Crippen molar-refractivity contribution in [1.29, 1.82) is 0 Å². The number of anilines is 1. The van der Waals surface area contributed by atoms with Gasteiger partial charge in [-0.05, 0) is 69.6 Å². The molecule has 3 aromatic rings. The van der Waals surface area contributed by atoms with Crippen LogP contribution in [0.5, 0.6) is 0 Å². The largest absolute Gasteiger partial charge is 0.444 e. The lowest BCUT2D eigenvalue weighted by atomic mass is 9.62. The Hall–Kier alpha value is -3.42. The molecule has 5 rings (SSSR count). The van der Waals surface area contributed by atoms with Crippen LogP contribution in [0.1, 0.15) is 58.1 Å². The van der Waals surface area contributed by atoms with Gasteiger partial charge in [0.05, 0.1) is 5.39 Å². The number of nitrogens with zero attached hydrogens (tertiary/aromatic N) is 4. The van der Waals surface area contributed by atoms with Crippen LogP contribution < -0.4 is 5.73 Å². The van der Waals surface area contributed by atoms with Gasteiger partial charge in [-0.1, -0.05) is 24.3 Å². The maximum absolute atomic E-state index is 14.5. The van der Waals surface area contributed by atoms with Gasteiger partial charge in [-0.15, -0.1) is 0 Å². The topological polar surface area (TPSA) is 86.3 Å². The van der Waals surface area contributed by atoms with E-state index < -0.39 is 5.60 Å². The molecule has 7 nitrogen and oxygen atoms in total. The fourth-order valence-electron chi connectivity index (χ4n) is 6.00. The van der Waals surface area contributed by atoms with Gasteiger partial charge >= 0.3 is 6.09 Å². The predicted octanol–water partition coefficient (Wildman–Crippen LogP) is 5.81. The Balaban J connectivity index is 1.72. The molecule has 0 radical (unpaired) electrons. The van der Waals surface area contributed by atoms with Gasteiger partial charge < -0.3 is 19.9 Å². The second-order valence-corrected chi connectivity index (χ2v) is 11.1. The van der Waals surface area contributed by atoms with Crippen molar-refractivity contribution >= 4 is 22.9 Å². The molecule has 2 aromatic heterocycles. The van der Waals surface area contributed by atoms with Gasteiger partial charge in [-0.3, -0.25) is 0 Å². The zero-order valence-electron chi connectivity index (χ0n) is 21.4. The average molecular weight is 492 g/mol. The second kappa shape index (κ2) is 8.91. The van der Waals surface area contributed by atoms with Crippen molar-refractivity contribution in [3.8, 4) is 11.1 Å². The third kappa shape index (κ3) is 4.22. The van der Waals surface area contributed by atoms with E-state index in [0.29, 0.717) is 24.6 Å². The number of halogens is 1. The molecular weight excluding hydrogens is 457 g/mol. The summed E-state index contributed by atoms with van der Waals surface area (Å²) in [4.78, 5) is 23.8. The Morgan fingerprint density at radius 1 is 1.22 bits per heavy atom. The Morgan fingerprint density at radius 2 is 2.03 bits per heavy atom. The molecule has 190 valence electrons. The van der Waals surface area contributed by atoms with Crippen LogP contribution in [0.2, 0.25) is 0 Å². The lowest BCUT2D eigenvalue weighted by Gasteiger charge is -2.49. The van der Waals surface area contributed by atoms with Gasteiger partial charge in [0.25, 0.3) is 0 Å². The van der Waals surface area contributed by atoms with Gasteiger partial charge in [0.1, 0.15) is 29.2 Å². The summed E-state index contributed by atoms with van der Waals surface area (Å²) in [5.74, 6) is 0.0132. The molecule has 1 amide bonds. The molecule has 2 aliphatic rings. The third-order valence-corrected chi connectivity index (χ3v) is 7.66. The van der Waals surface area contributed by atoms with Crippen molar-refractivity contribution in [3.05, 3.63) is 54.3 Å². The monoisotopic (exact) mass is 491 g/mol. The van der Waals surface area contributed by atoms with Crippen molar-refractivity contribution in [2.45, 2.75) is 58.0 Å². The molecule has 3 heterocycles. The van der Waals surface area contributed by atoms with Crippen LogP contribution in [0.3, 0.4) is 0 Å². The first-order valence-electron chi connectivity index (χ1n) is 12.6. The number of piperidine rings is 1. The fourth-order valence-corrected chi connectivity index (χ4v) is 6.00. The van der Waals surface area contributed by atoms with Crippen LogP contribution in [0.25, 0.3) is 22.2 Å². The number of hydrogen-bond acceptors (Lipinski definition) is 5. The lowest BCUT2D eigenvalue weighted by molar-refractivity contribution is 0.00134. The number of hydrogen-bond donors (Lipinski definition) is 1. The Kier molecular flexibility index (Phi) is 6.01. The Labute approximate surface area is 211 Å². The number of likely N-dealkylation sites (tertiary alicyclic amines) is 1. The van der Waals surface area contributed by atoms with Crippen molar-refractivity contribution in [2.75, 3.05) is 18.8 Å². The number of amides is 1. The quantitative estimate of drug-likeness (QED) is 0.457. The van der Waals surface area contributed by atoms with Crippen LogP contribution in [0, 0.1) is 11.2 Å². The van der Waals surface area contributed by atoms with E-state index in [-0.39, 0.29) is 23.2 Å². The number of carbonyl (C=O) groups is 1. The maximum Gasteiger partial charge on any atom is 0.410 e. The summed E-state index contributed by atoms with van der Waals surface area (Å²) >= 11 is 0. The number of fused-ring (bicyclic) bond motifs is 1. The molecule has 0 bridgehead atoms. The Morgan fingerprint density at radius 3 is 2.72 bits per heavy atom. The molecule has 2 N–H and O–H groups in total. The van der Waals surface area contributed by atoms with Gasteiger partial charge in [0, 0.05) is 37.3 Å². The third-order valence-electron chi connectivity index (χ3n) is 7.66. The molecule has 2 atom stereocenters. The van der Waals surface area contributed by atoms with E-state index in [9.17, 15) is 9.18 Å². The molecule has 1 fully saturated rings. The summed E-state index contributed by atoms with van der Waals surface area (Å²) in [5, 5.41) is 0.719. The molecule has 1 aromatic carbocycles.